The number of anilines is 2. The van der Waals surface area contributed by atoms with Crippen LogP contribution in [0.5, 0.6) is 0 Å². The molecule has 0 bridgehead atoms. The van der Waals surface area contributed by atoms with E-state index in [1.165, 1.54) is 13.3 Å². The van der Waals surface area contributed by atoms with Crippen LogP contribution in [0.15, 0.2) is 12.3 Å². The second kappa shape index (κ2) is 5.65. The third-order valence-corrected chi connectivity index (χ3v) is 2.62. The van der Waals surface area contributed by atoms with Crippen molar-refractivity contribution >= 4 is 17.5 Å². The van der Waals surface area contributed by atoms with E-state index in [9.17, 15) is 4.79 Å². The van der Waals surface area contributed by atoms with Gasteiger partial charge in [-0.1, -0.05) is 0 Å². The minimum Gasteiger partial charge on any atom is -0.465 e. The van der Waals surface area contributed by atoms with E-state index in [-0.39, 0.29) is 0 Å². The summed E-state index contributed by atoms with van der Waals surface area (Å²) in [6.45, 7) is 2.87. The number of ether oxygens (including phenoxy) is 2. The number of nitrogens with zero attached hydrogens (tertiary/aromatic N) is 2. The molecule has 1 fully saturated rings. The third kappa shape index (κ3) is 2.88. The van der Waals surface area contributed by atoms with Crippen molar-refractivity contribution in [2.75, 3.05) is 44.6 Å². The molecule has 2 heterocycles. The van der Waals surface area contributed by atoms with Crippen LogP contribution in [0.25, 0.3) is 0 Å². The fourth-order valence-electron chi connectivity index (χ4n) is 1.65. The van der Waals surface area contributed by atoms with Gasteiger partial charge in [0.25, 0.3) is 0 Å². The summed E-state index contributed by atoms with van der Waals surface area (Å²) in [5.74, 6) is 0.0893. The lowest BCUT2D eigenvalue weighted by Crippen LogP contribution is -2.40. The van der Waals surface area contributed by atoms with Crippen molar-refractivity contribution in [3.8, 4) is 0 Å². The molecule has 0 radical (unpaired) electrons. The van der Waals surface area contributed by atoms with E-state index >= 15 is 0 Å². The first-order valence-corrected chi connectivity index (χ1v) is 5.64. The minimum atomic E-state index is -0.472. The van der Waals surface area contributed by atoms with Crippen LogP contribution < -0.4 is 11.2 Å². The zero-order valence-corrected chi connectivity index (χ0v) is 10.2. The van der Waals surface area contributed by atoms with Crippen LogP contribution in [-0.2, 0) is 9.47 Å². The van der Waals surface area contributed by atoms with E-state index in [4.69, 9.17) is 10.5 Å². The summed E-state index contributed by atoms with van der Waals surface area (Å²) >= 11 is 0. The molecule has 3 N–H and O–H groups in total. The van der Waals surface area contributed by atoms with Crippen LogP contribution in [0, 0.1) is 0 Å². The smallest absolute Gasteiger partial charge is 0.340 e. The topological polar surface area (TPSA) is 89.7 Å². The van der Waals surface area contributed by atoms with Gasteiger partial charge in [0.15, 0.2) is 0 Å². The monoisotopic (exact) mass is 252 g/mol. The number of rotatable bonds is 3. The molecule has 1 saturated heterocycles. The number of pyridine rings is 1. The molecule has 1 aliphatic heterocycles. The van der Waals surface area contributed by atoms with Gasteiger partial charge in [-0.25, -0.2) is 14.8 Å². The Balaban J connectivity index is 2.11. The van der Waals surface area contributed by atoms with Crippen LogP contribution >= 0.6 is 0 Å². The fraction of sp³-hybridized carbons (Fsp3) is 0.455. The molecule has 7 nitrogen and oxygen atoms in total. The number of nitrogen functional groups attached to an aromatic ring is 1. The Morgan fingerprint density at radius 2 is 2.28 bits per heavy atom. The Hall–Kier alpha value is -1.86. The molecule has 1 aromatic rings. The van der Waals surface area contributed by atoms with Gasteiger partial charge in [0.05, 0.1) is 37.8 Å². The van der Waals surface area contributed by atoms with E-state index < -0.39 is 5.97 Å². The van der Waals surface area contributed by atoms with Gasteiger partial charge in [0.1, 0.15) is 5.82 Å². The van der Waals surface area contributed by atoms with Crippen molar-refractivity contribution in [3.05, 3.63) is 17.8 Å². The molecule has 0 spiro atoms. The number of methoxy groups -OCH3 is 1. The highest BCUT2D eigenvalue weighted by molar-refractivity contribution is 5.95. The van der Waals surface area contributed by atoms with Crippen LogP contribution in [0.2, 0.25) is 0 Å². The first kappa shape index (κ1) is 12.6. The standard InChI is InChI=1S/C11H16N4O3/c1-17-11(16)8-6-10(13-7-9(8)12)14-15-2-4-18-5-3-15/h6-7H,2-5,12H2,1H3,(H,13,14). The molecule has 0 aromatic carbocycles. The van der Waals surface area contributed by atoms with Gasteiger partial charge in [0.2, 0.25) is 0 Å². The van der Waals surface area contributed by atoms with Gasteiger partial charge in [-0.15, -0.1) is 0 Å². The lowest BCUT2D eigenvalue weighted by Gasteiger charge is -2.27. The molecule has 0 aliphatic carbocycles. The predicted octanol–water partition coefficient (Wildman–Crippen LogP) is 0.109. The number of carbonyl (C=O) groups excluding carboxylic acids is 1. The number of morpholine rings is 1. The molecule has 0 saturated carbocycles. The molecule has 7 heteroatoms. The van der Waals surface area contributed by atoms with Crippen molar-refractivity contribution in [3.63, 3.8) is 0 Å². The second-order valence-corrected chi connectivity index (χ2v) is 3.86. The Morgan fingerprint density at radius 3 is 2.94 bits per heavy atom. The summed E-state index contributed by atoms with van der Waals surface area (Å²) in [7, 11) is 1.32. The summed E-state index contributed by atoms with van der Waals surface area (Å²) < 4.78 is 9.89. The van der Waals surface area contributed by atoms with Crippen molar-refractivity contribution < 1.29 is 14.3 Å². The molecule has 1 aromatic heterocycles. The van der Waals surface area contributed by atoms with Gasteiger partial charge in [0, 0.05) is 13.1 Å². The Kier molecular flexibility index (Phi) is 3.96. The molecule has 0 unspecified atom stereocenters. The second-order valence-electron chi connectivity index (χ2n) is 3.86. The molecule has 0 atom stereocenters. The first-order valence-electron chi connectivity index (χ1n) is 5.64. The number of aromatic nitrogens is 1. The van der Waals surface area contributed by atoms with Gasteiger partial charge >= 0.3 is 5.97 Å². The highest BCUT2D eigenvalue weighted by Crippen LogP contribution is 2.16. The molecular formula is C11H16N4O3. The van der Waals surface area contributed by atoms with Crippen LogP contribution in [-0.4, -0.2) is 49.4 Å². The van der Waals surface area contributed by atoms with E-state index in [0.29, 0.717) is 30.3 Å². The summed E-state index contributed by atoms with van der Waals surface area (Å²) in [4.78, 5) is 15.6. The molecule has 2 rings (SSSR count). The molecule has 98 valence electrons. The van der Waals surface area contributed by atoms with Crippen molar-refractivity contribution in [2.24, 2.45) is 0 Å². The zero-order chi connectivity index (χ0) is 13.0. The Morgan fingerprint density at radius 1 is 1.56 bits per heavy atom. The van der Waals surface area contributed by atoms with Crippen LogP contribution in [0.3, 0.4) is 0 Å². The van der Waals surface area contributed by atoms with E-state index in [1.54, 1.807) is 6.07 Å². The maximum absolute atomic E-state index is 11.5. The number of nitrogens with two attached hydrogens (primary N) is 1. The van der Waals surface area contributed by atoms with Gasteiger partial charge in [-0.05, 0) is 6.07 Å². The summed E-state index contributed by atoms with van der Waals surface area (Å²) in [5.41, 5.74) is 9.39. The summed E-state index contributed by atoms with van der Waals surface area (Å²) in [5, 5.41) is 1.98. The SMILES string of the molecule is COC(=O)c1cc(NN2CCOCC2)ncc1N. The van der Waals surface area contributed by atoms with Gasteiger partial charge in [-0.3, -0.25) is 0 Å². The van der Waals surface area contributed by atoms with E-state index in [0.717, 1.165) is 13.1 Å². The third-order valence-electron chi connectivity index (χ3n) is 2.62. The number of carbonyl (C=O) groups is 1. The summed E-state index contributed by atoms with van der Waals surface area (Å²) in [6, 6.07) is 1.58. The Bertz CT molecular complexity index is 432. The maximum Gasteiger partial charge on any atom is 0.340 e. The van der Waals surface area contributed by atoms with Gasteiger partial charge in [-0.2, -0.15) is 0 Å². The molecule has 18 heavy (non-hydrogen) atoms. The fourth-order valence-corrected chi connectivity index (χ4v) is 1.65. The van der Waals surface area contributed by atoms with Crippen molar-refractivity contribution in [2.45, 2.75) is 0 Å². The molecular weight excluding hydrogens is 236 g/mol. The average molecular weight is 252 g/mol. The highest BCUT2D eigenvalue weighted by atomic mass is 16.5. The quantitative estimate of drug-likeness (QED) is 0.738. The lowest BCUT2D eigenvalue weighted by atomic mass is 10.2. The number of hydrogen-bond donors (Lipinski definition) is 2. The number of hydrogen-bond acceptors (Lipinski definition) is 7. The average Bonchev–Trinajstić information content (AvgIpc) is 2.41. The lowest BCUT2D eigenvalue weighted by molar-refractivity contribution is 0.0494. The molecule has 0 amide bonds. The first-order chi connectivity index (χ1) is 8.70. The van der Waals surface area contributed by atoms with Crippen LogP contribution in [0.1, 0.15) is 10.4 Å². The zero-order valence-electron chi connectivity index (χ0n) is 10.2. The van der Waals surface area contributed by atoms with Crippen LogP contribution in [0.4, 0.5) is 11.5 Å². The van der Waals surface area contributed by atoms with E-state index in [1.807, 2.05) is 5.01 Å². The number of esters is 1. The predicted molar refractivity (Wildman–Crippen MR) is 66.0 cm³/mol. The van der Waals surface area contributed by atoms with Crippen molar-refractivity contribution in [1.82, 2.24) is 9.99 Å². The van der Waals surface area contributed by atoms with E-state index in [2.05, 4.69) is 15.1 Å². The highest BCUT2D eigenvalue weighted by Gasteiger charge is 2.14. The number of nitrogens with one attached hydrogen (secondary N) is 1. The maximum atomic E-state index is 11.5. The normalized spacial score (nSPS) is 16.3. The van der Waals surface area contributed by atoms with Crippen molar-refractivity contribution in [1.29, 1.82) is 0 Å². The number of hydrazine groups is 1. The Labute approximate surface area is 105 Å². The molecule has 1 aliphatic rings. The summed E-state index contributed by atoms with van der Waals surface area (Å²) in [6.07, 6.45) is 1.44. The minimum absolute atomic E-state index is 0.300. The van der Waals surface area contributed by atoms with Gasteiger partial charge < -0.3 is 20.6 Å². The largest absolute Gasteiger partial charge is 0.465 e.